The average molecular weight is 999 g/mol. The Hall–Kier alpha value is -7.99. The molecular weight excluding hydrogens is 944 g/mol. The van der Waals surface area contributed by atoms with Crippen molar-refractivity contribution in [1.82, 2.24) is 44.4 Å². The predicted octanol–water partition coefficient (Wildman–Crippen LogP) is 4.06. The minimum atomic E-state index is -0.414. The molecule has 0 spiro atoms. The van der Waals surface area contributed by atoms with E-state index >= 15 is 0 Å². The average Bonchev–Trinajstić information content (AvgIpc) is 4.24. The molecule has 0 radical (unpaired) electrons. The van der Waals surface area contributed by atoms with Gasteiger partial charge < -0.3 is 79.3 Å². The van der Waals surface area contributed by atoms with Crippen LogP contribution in [0.2, 0.25) is 5.28 Å². The number of halogens is 1. The highest BCUT2D eigenvalue weighted by molar-refractivity contribution is 6.28. The lowest BCUT2D eigenvalue weighted by Gasteiger charge is -2.23. The maximum Gasteiger partial charge on any atom is 0.240 e. The first-order valence-corrected chi connectivity index (χ1v) is 22.9. The number of hydrogen-bond acceptors (Lipinski definition) is 20. The molecule has 4 aliphatic heterocycles. The van der Waals surface area contributed by atoms with Gasteiger partial charge in [-0.05, 0) is 43.8 Å². The van der Waals surface area contributed by atoms with Crippen molar-refractivity contribution >= 4 is 52.6 Å². The maximum absolute atomic E-state index is 11.9. The first kappa shape index (κ1) is 49.4. The molecule has 8 heterocycles. The van der Waals surface area contributed by atoms with Crippen LogP contribution in [0.3, 0.4) is 0 Å². The molecule has 376 valence electrons. The summed E-state index contributed by atoms with van der Waals surface area (Å²) in [5.41, 5.74) is 13.7. The van der Waals surface area contributed by atoms with Crippen molar-refractivity contribution in [3.63, 3.8) is 0 Å². The number of amides is 2. The normalized spacial score (nSPS) is 16.2. The van der Waals surface area contributed by atoms with Crippen LogP contribution in [0.1, 0.15) is 37.1 Å². The number of fused-ring (bicyclic) bond motifs is 2. The number of nitrogens with two attached hydrogens (primary N) is 2. The lowest BCUT2D eigenvalue weighted by molar-refractivity contribution is -0.120. The summed E-state index contributed by atoms with van der Waals surface area (Å²) in [7, 11) is 9.40. The number of primary amides is 2. The summed E-state index contributed by atoms with van der Waals surface area (Å²) in [4.78, 5) is 50.7. The lowest BCUT2D eigenvalue weighted by atomic mass is 10.2. The third-order valence-electron chi connectivity index (χ3n) is 11.8. The summed E-state index contributed by atoms with van der Waals surface area (Å²) in [6, 6.07) is 6.85. The highest BCUT2D eigenvalue weighted by Crippen LogP contribution is 2.42. The molecule has 7 N–H and O–H groups in total. The number of imidazole rings is 2. The summed E-state index contributed by atoms with van der Waals surface area (Å²) in [5, 5.41) is 9.52. The van der Waals surface area contributed by atoms with Crippen LogP contribution in [0.5, 0.6) is 46.0 Å². The molecule has 6 aromatic rings. The van der Waals surface area contributed by atoms with Crippen LogP contribution in [-0.4, -0.2) is 132 Å². The molecule has 2 amide bonds. The van der Waals surface area contributed by atoms with Gasteiger partial charge >= 0.3 is 0 Å². The van der Waals surface area contributed by atoms with Crippen molar-refractivity contribution in [2.24, 2.45) is 11.5 Å². The number of benzene rings is 2. The molecule has 2 aromatic carbocycles. The van der Waals surface area contributed by atoms with E-state index in [-0.39, 0.29) is 23.1 Å². The zero-order valence-electron chi connectivity index (χ0n) is 40.0. The second-order valence-corrected chi connectivity index (χ2v) is 16.5. The van der Waals surface area contributed by atoms with Crippen molar-refractivity contribution in [1.29, 1.82) is 0 Å². The van der Waals surface area contributed by atoms with E-state index in [2.05, 4.69) is 45.9 Å². The molecule has 2 saturated heterocycles. The van der Waals surface area contributed by atoms with Gasteiger partial charge in [0.2, 0.25) is 34.5 Å². The number of anilines is 5. The van der Waals surface area contributed by atoms with Gasteiger partial charge in [0.1, 0.15) is 30.3 Å². The van der Waals surface area contributed by atoms with E-state index in [1.165, 1.54) is 0 Å². The van der Waals surface area contributed by atoms with Crippen LogP contribution in [0.15, 0.2) is 49.3 Å². The second-order valence-electron chi connectivity index (χ2n) is 16.1. The summed E-state index contributed by atoms with van der Waals surface area (Å²) in [6.07, 6.45) is 11.8. The van der Waals surface area contributed by atoms with Gasteiger partial charge in [-0.2, -0.15) is 9.97 Å². The number of aromatic nitrogens is 8. The lowest BCUT2D eigenvalue weighted by Crippen LogP contribution is -2.41. The molecule has 4 aliphatic rings. The van der Waals surface area contributed by atoms with E-state index in [9.17, 15) is 9.59 Å². The fourth-order valence-electron chi connectivity index (χ4n) is 8.35. The Labute approximate surface area is 413 Å². The van der Waals surface area contributed by atoms with Crippen molar-refractivity contribution < 1.29 is 47.5 Å². The minimum Gasteiger partial charge on any atom is -0.493 e. The van der Waals surface area contributed by atoms with Gasteiger partial charge in [-0.15, -0.1) is 0 Å². The van der Waals surface area contributed by atoms with Crippen molar-refractivity contribution in [2.45, 2.75) is 50.6 Å². The van der Waals surface area contributed by atoms with Crippen molar-refractivity contribution in [2.75, 3.05) is 84.5 Å². The standard InChI is InChI=1S/C23H27N7O5.C18H18ClN5O4.C5H10N2O/c1-32-16-9-13(10-17(33-2)20(16)34-3)29-11-18(25-12-29)27-22-19-14(6-8-35-19)26-23(28-22)30-7-4-5-15(30)21(24)31;1-25-12-6-10(7-13(26-2)16(12)27-3)24-8-14(20-9-24)22-17-15-11(4-5-28-15)21-18(19)23-17;6-5(8)4-2-1-3-7-4/h9-12,15H,4-8H2,1-3H3,(H2,24,31)(H,26,27,28);6-9H,4-5H2,1-3H3,(H,21,22,23);4,7H,1-3H2,(H2,6,8)/t15-;;4-/m0.0/s1. The third kappa shape index (κ3) is 10.9. The molecule has 0 saturated carbocycles. The number of rotatable bonds is 15. The Morgan fingerprint density at radius 1 is 0.676 bits per heavy atom. The van der Waals surface area contributed by atoms with Gasteiger partial charge in [0.25, 0.3) is 0 Å². The topological polar surface area (TPSA) is 287 Å². The Morgan fingerprint density at radius 2 is 1.18 bits per heavy atom. The molecule has 0 bridgehead atoms. The van der Waals surface area contributed by atoms with E-state index < -0.39 is 6.04 Å². The molecule has 10 rings (SSSR count). The van der Waals surface area contributed by atoms with Crippen LogP contribution in [0, 0.1) is 0 Å². The SMILES string of the molecule is COc1cc(-n2cnc(Nc3nc(Cl)nc4c3OCC4)c2)cc(OC)c1OC.COc1cc(-n2cnc(Nc3nc(N4CCC[C@H]4C(N)=O)nc4c3OCC4)c2)cc(OC)c1OC.NC(=O)[C@@H]1CCCN1. The van der Waals surface area contributed by atoms with E-state index in [0.717, 1.165) is 48.6 Å². The molecule has 71 heavy (non-hydrogen) atoms. The van der Waals surface area contributed by atoms with Crippen molar-refractivity contribution in [3.8, 4) is 57.4 Å². The van der Waals surface area contributed by atoms with E-state index in [1.54, 1.807) is 61.5 Å². The smallest absolute Gasteiger partial charge is 0.240 e. The monoisotopic (exact) mass is 998 g/mol. The number of carbonyl (C=O) groups is 2. The minimum absolute atomic E-state index is 0.0463. The molecule has 24 nitrogen and oxygen atoms in total. The first-order valence-electron chi connectivity index (χ1n) is 22.5. The zero-order chi connectivity index (χ0) is 50.2. The van der Waals surface area contributed by atoms with E-state index in [1.807, 2.05) is 44.5 Å². The molecule has 2 atom stereocenters. The van der Waals surface area contributed by atoms with Gasteiger partial charge in [0.05, 0.1) is 97.1 Å². The Balaban J connectivity index is 0.000000167. The molecule has 4 aromatic heterocycles. The van der Waals surface area contributed by atoms with Crippen LogP contribution in [0.25, 0.3) is 11.4 Å². The molecule has 25 heteroatoms. The van der Waals surface area contributed by atoms with Gasteiger partial charge in [-0.1, -0.05) is 0 Å². The summed E-state index contributed by atoms with van der Waals surface area (Å²) < 4.78 is 47.5. The van der Waals surface area contributed by atoms with Gasteiger partial charge in [-0.3, -0.25) is 9.59 Å². The number of carbonyl (C=O) groups excluding carboxylic acids is 2. The summed E-state index contributed by atoms with van der Waals surface area (Å²) >= 11 is 6.01. The largest absolute Gasteiger partial charge is 0.493 e. The third-order valence-corrected chi connectivity index (χ3v) is 12.0. The van der Waals surface area contributed by atoms with E-state index in [4.69, 9.17) is 61.0 Å². The number of nitrogens with zero attached hydrogens (tertiary/aromatic N) is 9. The van der Waals surface area contributed by atoms with Gasteiger partial charge in [0, 0.05) is 43.7 Å². The number of nitrogens with one attached hydrogen (secondary N) is 3. The number of hydrogen-bond donors (Lipinski definition) is 5. The molecule has 0 unspecified atom stereocenters. The Bertz CT molecular complexity index is 2820. The van der Waals surface area contributed by atoms with Gasteiger partial charge in [-0.25, -0.2) is 19.9 Å². The van der Waals surface area contributed by atoms with E-state index in [0.29, 0.717) is 114 Å². The van der Waals surface area contributed by atoms with Crippen molar-refractivity contribution in [3.05, 3.63) is 66.0 Å². The highest BCUT2D eigenvalue weighted by atomic mass is 35.5. The van der Waals surface area contributed by atoms with Crippen LogP contribution < -0.4 is 70.2 Å². The summed E-state index contributed by atoms with van der Waals surface area (Å²) in [5.74, 6) is 6.36. The van der Waals surface area contributed by atoms with Crippen LogP contribution in [-0.2, 0) is 22.4 Å². The Kier molecular flexibility index (Phi) is 15.4. The maximum atomic E-state index is 11.9. The quantitative estimate of drug-likeness (QED) is 0.0907. The number of ether oxygens (including phenoxy) is 8. The Morgan fingerprint density at radius 3 is 1.62 bits per heavy atom. The predicted molar refractivity (Wildman–Crippen MR) is 260 cm³/mol. The van der Waals surface area contributed by atoms with Gasteiger partial charge in [0.15, 0.2) is 46.1 Å². The fourth-order valence-corrected chi connectivity index (χ4v) is 8.54. The first-order chi connectivity index (χ1) is 34.4. The van der Waals surface area contributed by atoms with Crippen LogP contribution in [0.4, 0.5) is 29.2 Å². The molecule has 2 fully saturated rings. The molecule has 0 aliphatic carbocycles. The summed E-state index contributed by atoms with van der Waals surface area (Å²) in [6.45, 7) is 2.68. The highest BCUT2D eigenvalue weighted by Gasteiger charge is 2.33. The second kappa shape index (κ2) is 22.2. The zero-order valence-corrected chi connectivity index (χ0v) is 40.7. The number of methoxy groups -OCH3 is 6. The van der Waals surface area contributed by atoms with Crippen LogP contribution >= 0.6 is 11.6 Å². The molecular formula is C46H55ClN14O10. The fraction of sp³-hybridized carbons (Fsp3) is 0.391.